The first-order valence-corrected chi connectivity index (χ1v) is 6.67. The molecule has 0 aliphatic heterocycles. The zero-order chi connectivity index (χ0) is 13.8. The highest BCUT2D eigenvalue weighted by Gasteiger charge is 2.09. The molecule has 0 saturated carbocycles. The number of halogens is 1. The van der Waals surface area contributed by atoms with Gasteiger partial charge in [0.15, 0.2) is 0 Å². The Balaban J connectivity index is 2.13. The molecule has 0 unspecified atom stereocenters. The van der Waals surface area contributed by atoms with Crippen molar-refractivity contribution in [1.29, 1.82) is 0 Å². The van der Waals surface area contributed by atoms with Crippen molar-refractivity contribution in [3.05, 3.63) is 64.2 Å². The molecule has 100 valence electrons. The van der Waals surface area contributed by atoms with Crippen molar-refractivity contribution in [1.82, 2.24) is 0 Å². The highest BCUT2D eigenvalue weighted by Crippen LogP contribution is 2.27. The van der Waals surface area contributed by atoms with Gasteiger partial charge in [0, 0.05) is 16.6 Å². The standard InChI is InChI=1S/C16H18ClNO/c1-11-3-5-13(6-4-11)10-19-16-8-7-14(17)9-15(16)12(2)18/h3-9,12H,10,18H2,1-2H3/t12-/m0/s1. The first kappa shape index (κ1) is 13.9. The Bertz CT molecular complexity index is 549. The maximum absolute atomic E-state index is 5.98. The van der Waals surface area contributed by atoms with Gasteiger partial charge in [-0.05, 0) is 37.6 Å². The molecule has 0 aliphatic carbocycles. The van der Waals surface area contributed by atoms with E-state index >= 15 is 0 Å². The summed E-state index contributed by atoms with van der Waals surface area (Å²) in [5.74, 6) is 0.792. The first-order chi connectivity index (χ1) is 9.06. The molecule has 0 aliphatic rings. The largest absolute Gasteiger partial charge is 0.489 e. The van der Waals surface area contributed by atoms with Crippen LogP contribution in [-0.4, -0.2) is 0 Å². The number of hydrogen-bond donors (Lipinski definition) is 1. The Kier molecular flexibility index (Phi) is 4.46. The summed E-state index contributed by atoms with van der Waals surface area (Å²) >= 11 is 5.98. The van der Waals surface area contributed by atoms with Gasteiger partial charge in [0.2, 0.25) is 0 Å². The van der Waals surface area contributed by atoms with Crippen LogP contribution < -0.4 is 10.5 Å². The lowest BCUT2D eigenvalue weighted by Crippen LogP contribution is -2.08. The fourth-order valence-electron chi connectivity index (χ4n) is 1.85. The van der Waals surface area contributed by atoms with Crippen molar-refractivity contribution in [2.75, 3.05) is 0 Å². The van der Waals surface area contributed by atoms with E-state index in [4.69, 9.17) is 22.1 Å². The monoisotopic (exact) mass is 275 g/mol. The summed E-state index contributed by atoms with van der Waals surface area (Å²) in [6, 6.07) is 13.7. The Hall–Kier alpha value is -1.51. The van der Waals surface area contributed by atoms with Gasteiger partial charge in [-0.2, -0.15) is 0 Å². The highest BCUT2D eigenvalue weighted by atomic mass is 35.5. The molecule has 0 saturated heterocycles. The zero-order valence-corrected chi connectivity index (χ0v) is 11.9. The summed E-state index contributed by atoms with van der Waals surface area (Å²) in [6.07, 6.45) is 0. The molecule has 0 spiro atoms. The summed E-state index contributed by atoms with van der Waals surface area (Å²) in [4.78, 5) is 0. The van der Waals surface area contributed by atoms with Crippen molar-refractivity contribution < 1.29 is 4.74 Å². The zero-order valence-electron chi connectivity index (χ0n) is 11.2. The number of nitrogens with two attached hydrogens (primary N) is 1. The van der Waals surface area contributed by atoms with Crippen molar-refractivity contribution >= 4 is 11.6 Å². The molecule has 1 atom stereocenters. The summed E-state index contributed by atoms with van der Waals surface area (Å²) in [5, 5.41) is 0.676. The lowest BCUT2D eigenvalue weighted by Gasteiger charge is -2.14. The van der Waals surface area contributed by atoms with E-state index in [9.17, 15) is 0 Å². The number of hydrogen-bond acceptors (Lipinski definition) is 2. The summed E-state index contributed by atoms with van der Waals surface area (Å²) < 4.78 is 5.84. The Morgan fingerprint density at radius 2 is 1.84 bits per heavy atom. The molecule has 3 heteroatoms. The molecule has 0 bridgehead atoms. The van der Waals surface area contributed by atoms with E-state index in [-0.39, 0.29) is 6.04 Å². The van der Waals surface area contributed by atoms with Gasteiger partial charge in [-0.1, -0.05) is 41.4 Å². The predicted molar refractivity (Wildman–Crippen MR) is 79.6 cm³/mol. The molecule has 19 heavy (non-hydrogen) atoms. The van der Waals surface area contributed by atoms with E-state index in [1.165, 1.54) is 5.56 Å². The lowest BCUT2D eigenvalue weighted by molar-refractivity contribution is 0.301. The van der Waals surface area contributed by atoms with Gasteiger partial charge in [0.25, 0.3) is 0 Å². The molecule has 2 rings (SSSR count). The second kappa shape index (κ2) is 6.09. The third kappa shape index (κ3) is 3.72. The minimum Gasteiger partial charge on any atom is -0.489 e. The molecule has 2 nitrogen and oxygen atoms in total. The van der Waals surface area contributed by atoms with Crippen LogP contribution in [0.3, 0.4) is 0 Å². The van der Waals surface area contributed by atoms with Crippen LogP contribution >= 0.6 is 11.6 Å². The third-order valence-corrected chi connectivity index (χ3v) is 3.21. The topological polar surface area (TPSA) is 35.2 Å². The van der Waals surface area contributed by atoms with Crippen molar-refractivity contribution in [2.24, 2.45) is 5.73 Å². The first-order valence-electron chi connectivity index (χ1n) is 6.29. The number of benzene rings is 2. The van der Waals surface area contributed by atoms with Crippen LogP contribution in [-0.2, 0) is 6.61 Å². The van der Waals surface area contributed by atoms with Crippen LogP contribution in [0.2, 0.25) is 5.02 Å². The van der Waals surface area contributed by atoms with Crippen LogP contribution in [0.25, 0.3) is 0 Å². The number of ether oxygens (including phenoxy) is 1. The molecule has 2 N–H and O–H groups in total. The normalized spacial score (nSPS) is 12.2. The van der Waals surface area contributed by atoms with Gasteiger partial charge in [0.05, 0.1) is 0 Å². The minimum absolute atomic E-state index is 0.105. The molecular weight excluding hydrogens is 258 g/mol. The average Bonchev–Trinajstić information content (AvgIpc) is 2.39. The van der Waals surface area contributed by atoms with Crippen LogP contribution in [0.1, 0.15) is 29.7 Å². The van der Waals surface area contributed by atoms with E-state index < -0.39 is 0 Å². The summed E-state index contributed by atoms with van der Waals surface area (Å²) in [5.41, 5.74) is 9.24. The van der Waals surface area contributed by atoms with Crippen LogP contribution in [0.4, 0.5) is 0 Å². The van der Waals surface area contributed by atoms with Crippen LogP contribution in [0.5, 0.6) is 5.75 Å². The molecule has 0 radical (unpaired) electrons. The Labute approximate surface area is 119 Å². The predicted octanol–water partition coefficient (Wildman–Crippen LogP) is 4.25. The van der Waals surface area contributed by atoms with Crippen molar-refractivity contribution in [2.45, 2.75) is 26.5 Å². The third-order valence-electron chi connectivity index (χ3n) is 2.98. The lowest BCUT2D eigenvalue weighted by atomic mass is 10.1. The second-order valence-corrected chi connectivity index (χ2v) is 5.18. The average molecular weight is 276 g/mol. The van der Waals surface area contributed by atoms with E-state index in [0.717, 1.165) is 16.9 Å². The molecule has 0 heterocycles. The molecule has 0 aromatic heterocycles. The van der Waals surface area contributed by atoms with Gasteiger partial charge in [-0.25, -0.2) is 0 Å². The summed E-state index contributed by atoms with van der Waals surface area (Å²) in [6.45, 7) is 4.52. The maximum Gasteiger partial charge on any atom is 0.124 e. The molecule has 2 aromatic rings. The Morgan fingerprint density at radius 3 is 2.47 bits per heavy atom. The van der Waals surface area contributed by atoms with Crippen LogP contribution in [0.15, 0.2) is 42.5 Å². The quantitative estimate of drug-likeness (QED) is 0.905. The summed E-state index contributed by atoms with van der Waals surface area (Å²) in [7, 11) is 0. The van der Waals surface area contributed by atoms with E-state index in [1.807, 2.05) is 25.1 Å². The Morgan fingerprint density at radius 1 is 1.16 bits per heavy atom. The minimum atomic E-state index is -0.105. The van der Waals surface area contributed by atoms with E-state index in [2.05, 4.69) is 31.2 Å². The van der Waals surface area contributed by atoms with Crippen molar-refractivity contribution in [3.8, 4) is 5.75 Å². The van der Waals surface area contributed by atoms with E-state index in [1.54, 1.807) is 0 Å². The smallest absolute Gasteiger partial charge is 0.124 e. The van der Waals surface area contributed by atoms with Crippen molar-refractivity contribution in [3.63, 3.8) is 0 Å². The molecule has 2 aromatic carbocycles. The van der Waals surface area contributed by atoms with Gasteiger partial charge in [0.1, 0.15) is 12.4 Å². The fourth-order valence-corrected chi connectivity index (χ4v) is 2.03. The van der Waals surface area contributed by atoms with Gasteiger partial charge in [-0.3, -0.25) is 0 Å². The van der Waals surface area contributed by atoms with Crippen LogP contribution in [0, 0.1) is 6.92 Å². The molecule has 0 amide bonds. The van der Waals surface area contributed by atoms with E-state index in [0.29, 0.717) is 11.6 Å². The number of rotatable bonds is 4. The molecule has 0 fully saturated rings. The van der Waals surface area contributed by atoms with Gasteiger partial charge < -0.3 is 10.5 Å². The van der Waals surface area contributed by atoms with Gasteiger partial charge in [-0.15, -0.1) is 0 Å². The fraction of sp³-hybridized carbons (Fsp3) is 0.250. The molecular formula is C16H18ClNO. The van der Waals surface area contributed by atoms with Gasteiger partial charge >= 0.3 is 0 Å². The number of aryl methyl sites for hydroxylation is 1. The maximum atomic E-state index is 5.98. The second-order valence-electron chi connectivity index (χ2n) is 4.75. The highest BCUT2D eigenvalue weighted by molar-refractivity contribution is 6.30. The SMILES string of the molecule is Cc1ccc(COc2ccc(Cl)cc2[C@H](C)N)cc1.